The number of benzene rings is 1. The maximum Gasteiger partial charge on any atom is 0.0606 e. The summed E-state index contributed by atoms with van der Waals surface area (Å²) in [5.74, 6) is 0. The molecule has 0 spiro atoms. The number of aryl methyl sites for hydroxylation is 1. The summed E-state index contributed by atoms with van der Waals surface area (Å²) in [6, 6.07) is 7.27. The predicted octanol–water partition coefficient (Wildman–Crippen LogP) is 2.07. The first-order valence-electron chi connectivity index (χ1n) is 6.88. The Morgan fingerprint density at radius 3 is 2.67 bits per heavy atom. The van der Waals surface area contributed by atoms with Crippen molar-refractivity contribution in [3.8, 4) is 0 Å². The van der Waals surface area contributed by atoms with Crippen molar-refractivity contribution in [2.75, 3.05) is 25.1 Å². The summed E-state index contributed by atoms with van der Waals surface area (Å²) in [5.41, 5.74) is 3.93. The summed E-state index contributed by atoms with van der Waals surface area (Å²) in [6.45, 7) is 4.05. The van der Waals surface area contributed by atoms with Gasteiger partial charge in [-0.15, -0.1) is 0 Å². The van der Waals surface area contributed by atoms with E-state index in [4.69, 9.17) is 0 Å². The van der Waals surface area contributed by atoms with Gasteiger partial charge in [-0.05, 0) is 56.5 Å². The molecule has 0 aromatic heterocycles. The molecule has 0 unspecified atom stereocenters. The molecule has 100 valence electrons. The van der Waals surface area contributed by atoms with Crippen LogP contribution < -0.4 is 10.2 Å². The summed E-state index contributed by atoms with van der Waals surface area (Å²) in [4.78, 5) is 2.36. The lowest BCUT2D eigenvalue weighted by atomic mass is 9.90. The smallest absolute Gasteiger partial charge is 0.0606 e. The number of aliphatic hydroxyl groups is 1. The molecule has 2 N–H and O–H groups in total. The maximum atomic E-state index is 9.22. The number of hydrogen-bond donors (Lipinski definition) is 2. The number of rotatable bonds is 6. The van der Waals surface area contributed by atoms with E-state index in [1.54, 1.807) is 0 Å². The van der Waals surface area contributed by atoms with Crippen LogP contribution in [0.3, 0.4) is 0 Å². The number of anilines is 1. The van der Waals surface area contributed by atoms with Crippen molar-refractivity contribution in [1.82, 2.24) is 5.32 Å². The van der Waals surface area contributed by atoms with Gasteiger partial charge in [-0.1, -0.05) is 6.07 Å². The first kappa shape index (κ1) is 13.4. The lowest BCUT2D eigenvalue weighted by molar-refractivity contribution is 0.283. The van der Waals surface area contributed by atoms with Gasteiger partial charge in [-0.3, -0.25) is 0 Å². The van der Waals surface area contributed by atoms with E-state index in [-0.39, 0.29) is 6.61 Å². The highest BCUT2D eigenvalue weighted by molar-refractivity contribution is 5.52. The van der Waals surface area contributed by atoms with E-state index in [1.807, 2.05) is 7.05 Å². The number of nitrogens with zero attached hydrogens (tertiary/aromatic N) is 1. The lowest BCUT2D eigenvalue weighted by Gasteiger charge is -2.39. The Hall–Kier alpha value is -1.06. The summed E-state index contributed by atoms with van der Waals surface area (Å²) in [6.07, 6.45) is 3.85. The van der Waals surface area contributed by atoms with Crippen molar-refractivity contribution in [2.45, 2.75) is 38.8 Å². The average molecular weight is 248 g/mol. The van der Waals surface area contributed by atoms with E-state index in [2.05, 4.69) is 35.3 Å². The van der Waals surface area contributed by atoms with E-state index in [9.17, 15) is 5.11 Å². The summed E-state index contributed by atoms with van der Waals surface area (Å²) in [7, 11) is 1.97. The van der Waals surface area contributed by atoms with Gasteiger partial charge >= 0.3 is 0 Å². The Kier molecular flexibility index (Phi) is 4.61. The van der Waals surface area contributed by atoms with Crippen molar-refractivity contribution in [3.05, 3.63) is 29.3 Å². The Morgan fingerprint density at radius 1 is 1.39 bits per heavy atom. The van der Waals surface area contributed by atoms with Gasteiger partial charge in [0.15, 0.2) is 0 Å². The predicted molar refractivity (Wildman–Crippen MR) is 76.0 cm³/mol. The van der Waals surface area contributed by atoms with Gasteiger partial charge in [0.1, 0.15) is 0 Å². The third-order valence-electron chi connectivity index (χ3n) is 3.88. The first-order valence-corrected chi connectivity index (χ1v) is 6.88. The van der Waals surface area contributed by atoms with Gasteiger partial charge < -0.3 is 15.3 Å². The van der Waals surface area contributed by atoms with Gasteiger partial charge in [-0.2, -0.15) is 0 Å². The second-order valence-corrected chi connectivity index (χ2v) is 5.14. The monoisotopic (exact) mass is 248 g/mol. The Bertz CT molecular complexity index is 388. The third kappa shape index (κ3) is 2.85. The van der Waals surface area contributed by atoms with Crippen LogP contribution in [0.15, 0.2) is 18.2 Å². The summed E-state index contributed by atoms with van der Waals surface area (Å²) >= 11 is 0. The molecule has 0 bridgehead atoms. The molecule has 1 saturated carbocycles. The Labute approximate surface area is 110 Å². The van der Waals surface area contributed by atoms with Crippen LogP contribution in [-0.4, -0.2) is 31.3 Å². The summed E-state index contributed by atoms with van der Waals surface area (Å²) in [5, 5.41) is 12.4. The molecular formula is C15H24N2O. The van der Waals surface area contributed by atoms with E-state index in [0.29, 0.717) is 6.04 Å². The normalized spacial score (nSPS) is 15.5. The van der Waals surface area contributed by atoms with Crippen LogP contribution in [0.2, 0.25) is 0 Å². The van der Waals surface area contributed by atoms with Crippen LogP contribution in [0.5, 0.6) is 0 Å². The second kappa shape index (κ2) is 6.21. The van der Waals surface area contributed by atoms with E-state index in [1.165, 1.54) is 36.1 Å². The van der Waals surface area contributed by atoms with Crippen LogP contribution in [-0.2, 0) is 6.54 Å². The molecule has 3 nitrogen and oxygen atoms in total. The van der Waals surface area contributed by atoms with Crippen LogP contribution in [0, 0.1) is 6.92 Å². The fourth-order valence-electron chi connectivity index (χ4n) is 2.58. The minimum absolute atomic E-state index is 0.230. The molecular weight excluding hydrogens is 224 g/mol. The molecule has 1 aliphatic carbocycles. The van der Waals surface area contributed by atoms with Crippen molar-refractivity contribution in [2.24, 2.45) is 0 Å². The molecule has 1 fully saturated rings. The highest BCUT2D eigenvalue weighted by atomic mass is 16.3. The number of nitrogens with one attached hydrogen (secondary N) is 1. The van der Waals surface area contributed by atoms with Crippen molar-refractivity contribution in [1.29, 1.82) is 0 Å². The van der Waals surface area contributed by atoms with Crippen LogP contribution in [0.25, 0.3) is 0 Å². The number of aliphatic hydroxyl groups excluding tert-OH is 1. The van der Waals surface area contributed by atoms with Crippen molar-refractivity contribution < 1.29 is 5.11 Å². The van der Waals surface area contributed by atoms with E-state index in [0.717, 1.165) is 13.1 Å². The second-order valence-electron chi connectivity index (χ2n) is 5.14. The topological polar surface area (TPSA) is 35.5 Å². The van der Waals surface area contributed by atoms with Gasteiger partial charge in [0.2, 0.25) is 0 Å². The van der Waals surface area contributed by atoms with Crippen LogP contribution in [0.1, 0.15) is 30.4 Å². The molecule has 0 heterocycles. The molecule has 1 aromatic carbocycles. The molecule has 0 radical (unpaired) electrons. The Balaban J connectivity index is 2.16. The molecule has 1 aliphatic rings. The van der Waals surface area contributed by atoms with E-state index >= 15 is 0 Å². The third-order valence-corrected chi connectivity index (χ3v) is 3.88. The minimum atomic E-state index is 0.230. The standard InChI is InChI=1S/C15H24N2O/c1-12-10-15(7-6-13(12)11-16-2)17(8-9-18)14-4-3-5-14/h6-7,10,14,16,18H,3-5,8-9,11H2,1-2H3. The summed E-state index contributed by atoms with van der Waals surface area (Å²) < 4.78 is 0. The Morgan fingerprint density at radius 2 is 2.17 bits per heavy atom. The highest BCUT2D eigenvalue weighted by Crippen LogP contribution is 2.30. The van der Waals surface area contributed by atoms with E-state index < -0.39 is 0 Å². The van der Waals surface area contributed by atoms with Gasteiger partial charge in [-0.25, -0.2) is 0 Å². The fraction of sp³-hybridized carbons (Fsp3) is 0.600. The first-order chi connectivity index (χ1) is 8.76. The number of hydrogen-bond acceptors (Lipinski definition) is 3. The van der Waals surface area contributed by atoms with Crippen LogP contribution >= 0.6 is 0 Å². The molecule has 0 amide bonds. The molecule has 18 heavy (non-hydrogen) atoms. The van der Waals surface area contributed by atoms with Gasteiger partial charge in [0.25, 0.3) is 0 Å². The van der Waals surface area contributed by atoms with Gasteiger partial charge in [0, 0.05) is 24.8 Å². The zero-order chi connectivity index (χ0) is 13.0. The largest absolute Gasteiger partial charge is 0.395 e. The molecule has 0 aliphatic heterocycles. The minimum Gasteiger partial charge on any atom is -0.395 e. The van der Waals surface area contributed by atoms with Crippen molar-refractivity contribution >= 4 is 5.69 Å². The molecule has 1 aromatic rings. The molecule has 0 atom stereocenters. The maximum absolute atomic E-state index is 9.22. The molecule has 3 heteroatoms. The SMILES string of the molecule is CNCc1ccc(N(CCO)C2CCC2)cc1C. The van der Waals surface area contributed by atoms with Crippen LogP contribution in [0.4, 0.5) is 5.69 Å². The average Bonchev–Trinajstić information content (AvgIpc) is 2.29. The zero-order valence-corrected chi connectivity index (χ0v) is 11.4. The van der Waals surface area contributed by atoms with Gasteiger partial charge in [0.05, 0.1) is 6.61 Å². The molecule has 0 saturated heterocycles. The highest BCUT2D eigenvalue weighted by Gasteiger charge is 2.24. The lowest BCUT2D eigenvalue weighted by Crippen LogP contribution is -2.42. The quantitative estimate of drug-likeness (QED) is 0.809. The molecule has 2 rings (SSSR count). The zero-order valence-electron chi connectivity index (χ0n) is 11.4. The fourth-order valence-corrected chi connectivity index (χ4v) is 2.58. The van der Waals surface area contributed by atoms with Crippen molar-refractivity contribution in [3.63, 3.8) is 0 Å².